The molecule has 0 saturated carbocycles. The molecule has 0 atom stereocenters. The fraction of sp³-hybridized carbons (Fsp3) is 0.750. The molecule has 0 spiro atoms. The SMILES string of the molecule is Cc1c(S(=O)(=O)N2CCCN(CCO)CC2)c(N)nn1C. The average Bonchev–Trinajstić information content (AvgIpc) is 2.58. The van der Waals surface area contributed by atoms with E-state index >= 15 is 0 Å². The van der Waals surface area contributed by atoms with Gasteiger partial charge in [0.05, 0.1) is 12.3 Å². The number of hydrogen-bond acceptors (Lipinski definition) is 6. The Kier molecular flexibility index (Phi) is 4.87. The third-order valence-corrected chi connectivity index (χ3v) is 5.93. The van der Waals surface area contributed by atoms with E-state index in [0.29, 0.717) is 31.9 Å². The number of hydrogen-bond donors (Lipinski definition) is 2. The Balaban J connectivity index is 2.24. The highest BCUT2D eigenvalue weighted by molar-refractivity contribution is 7.89. The molecular formula is C12H23N5O3S. The van der Waals surface area contributed by atoms with Gasteiger partial charge in [-0.15, -0.1) is 0 Å². The van der Waals surface area contributed by atoms with Gasteiger partial charge in [0.2, 0.25) is 10.0 Å². The van der Waals surface area contributed by atoms with Gasteiger partial charge in [-0.25, -0.2) is 8.42 Å². The Hall–Kier alpha value is -1.16. The molecule has 1 fully saturated rings. The monoisotopic (exact) mass is 317 g/mol. The second-order valence-electron chi connectivity index (χ2n) is 5.25. The number of nitrogen functional groups attached to an aromatic ring is 1. The molecule has 1 aromatic heterocycles. The molecule has 2 heterocycles. The summed E-state index contributed by atoms with van der Waals surface area (Å²) >= 11 is 0. The van der Waals surface area contributed by atoms with Gasteiger partial charge in [-0.3, -0.25) is 9.58 Å². The zero-order chi connectivity index (χ0) is 15.6. The first-order valence-corrected chi connectivity index (χ1v) is 8.44. The number of nitrogens with zero attached hydrogens (tertiary/aromatic N) is 4. The molecular weight excluding hydrogens is 294 g/mol. The number of sulfonamides is 1. The van der Waals surface area contributed by atoms with Gasteiger partial charge in [-0.05, 0) is 19.9 Å². The molecule has 0 amide bonds. The molecule has 3 N–H and O–H groups in total. The van der Waals surface area contributed by atoms with Crippen LogP contribution in [0.15, 0.2) is 4.90 Å². The van der Waals surface area contributed by atoms with Crippen molar-refractivity contribution in [3.63, 3.8) is 0 Å². The van der Waals surface area contributed by atoms with Crippen LogP contribution in [0, 0.1) is 6.92 Å². The van der Waals surface area contributed by atoms with Crippen molar-refractivity contribution < 1.29 is 13.5 Å². The molecule has 2 rings (SSSR count). The van der Waals surface area contributed by atoms with Crippen LogP contribution in [0.1, 0.15) is 12.1 Å². The van der Waals surface area contributed by atoms with E-state index in [0.717, 1.165) is 13.0 Å². The topological polar surface area (TPSA) is 105 Å². The summed E-state index contributed by atoms with van der Waals surface area (Å²) in [5.74, 6) is 0.0476. The smallest absolute Gasteiger partial charge is 0.248 e. The Labute approximate surface area is 125 Å². The largest absolute Gasteiger partial charge is 0.395 e. The van der Waals surface area contributed by atoms with Crippen molar-refractivity contribution in [1.82, 2.24) is 19.0 Å². The first-order chi connectivity index (χ1) is 9.87. The minimum absolute atomic E-state index is 0.0476. The fourth-order valence-corrected chi connectivity index (χ4v) is 4.38. The van der Waals surface area contributed by atoms with E-state index < -0.39 is 10.0 Å². The van der Waals surface area contributed by atoms with E-state index in [2.05, 4.69) is 10.00 Å². The summed E-state index contributed by atoms with van der Waals surface area (Å²) in [5, 5.41) is 13.0. The number of aliphatic hydroxyl groups is 1. The summed E-state index contributed by atoms with van der Waals surface area (Å²) in [6, 6.07) is 0. The first-order valence-electron chi connectivity index (χ1n) is 7.00. The molecule has 9 heteroatoms. The summed E-state index contributed by atoms with van der Waals surface area (Å²) in [4.78, 5) is 2.18. The number of anilines is 1. The molecule has 0 unspecified atom stereocenters. The molecule has 120 valence electrons. The van der Waals surface area contributed by atoms with Crippen LogP contribution in [0.5, 0.6) is 0 Å². The van der Waals surface area contributed by atoms with E-state index in [1.54, 1.807) is 14.0 Å². The molecule has 1 aliphatic heterocycles. The van der Waals surface area contributed by atoms with Crippen molar-refractivity contribution in [2.75, 3.05) is 45.1 Å². The lowest BCUT2D eigenvalue weighted by Crippen LogP contribution is -2.36. The van der Waals surface area contributed by atoms with Crippen molar-refractivity contribution in [2.24, 2.45) is 7.05 Å². The quantitative estimate of drug-likeness (QED) is 0.738. The predicted molar refractivity (Wildman–Crippen MR) is 79.3 cm³/mol. The van der Waals surface area contributed by atoms with Gasteiger partial charge in [-0.2, -0.15) is 9.40 Å². The van der Waals surface area contributed by atoms with Crippen molar-refractivity contribution in [3.8, 4) is 0 Å². The van der Waals surface area contributed by atoms with Gasteiger partial charge in [0.15, 0.2) is 5.82 Å². The summed E-state index contributed by atoms with van der Waals surface area (Å²) in [6.07, 6.45) is 0.735. The van der Waals surface area contributed by atoms with Gasteiger partial charge in [0, 0.05) is 33.2 Å². The molecule has 0 aromatic carbocycles. The second-order valence-corrected chi connectivity index (χ2v) is 7.12. The number of rotatable bonds is 4. The normalized spacial score (nSPS) is 18.8. The highest BCUT2D eigenvalue weighted by atomic mass is 32.2. The molecule has 1 aromatic rings. The van der Waals surface area contributed by atoms with Crippen LogP contribution in [0.2, 0.25) is 0 Å². The van der Waals surface area contributed by atoms with Crippen LogP contribution >= 0.6 is 0 Å². The first kappa shape index (κ1) is 16.2. The van der Waals surface area contributed by atoms with Crippen LogP contribution in [-0.4, -0.2) is 71.8 Å². The number of aliphatic hydroxyl groups excluding tert-OH is 1. The third kappa shape index (κ3) is 3.20. The van der Waals surface area contributed by atoms with Crippen molar-refractivity contribution in [3.05, 3.63) is 5.69 Å². The summed E-state index contributed by atoms with van der Waals surface area (Å²) in [7, 11) is -1.95. The highest BCUT2D eigenvalue weighted by Crippen LogP contribution is 2.25. The zero-order valence-electron chi connectivity index (χ0n) is 12.5. The van der Waals surface area contributed by atoms with Crippen LogP contribution in [0.25, 0.3) is 0 Å². The van der Waals surface area contributed by atoms with Gasteiger partial charge in [-0.1, -0.05) is 0 Å². The lowest BCUT2D eigenvalue weighted by Gasteiger charge is -2.21. The zero-order valence-corrected chi connectivity index (χ0v) is 13.3. The highest BCUT2D eigenvalue weighted by Gasteiger charge is 2.32. The minimum Gasteiger partial charge on any atom is -0.395 e. The Bertz CT molecular complexity index is 598. The Morgan fingerprint density at radius 3 is 2.57 bits per heavy atom. The maximum Gasteiger partial charge on any atom is 0.248 e. The lowest BCUT2D eigenvalue weighted by molar-refractivity contribution is 0.202. The van der Waals surface area contributed by atoms with E-state index in [9.17, 15) is 8.42 Å². The standard InChI is InChI=1S/C12H23N5O3S/c1-10-11(12(13)14-15(10)2)21(19,20)17-5-3-4-16(6-7-17)8-9-18/h18H,3-9H2,1-2H3,(H2,13,14). The summed E-state index contributed by atoms with van der Waals surface area (Å²) < 4.78 is 28.5. The van der Waals surface area contributed by atoms with Crippen LogP contribution in [0.4, 0.5) is 5.82 Å². The van der Waals surface area contributed by atoms with Crippen molar-refractivity contribution in [1.29, 1.82) is 0 Å². The number of aromatic nitrogens is 2. The van der Waals surface area contributed by atoms with E-state index in [-0.39, 0.29) is 17.3 Å². The maximum atomic E-state index is 12.8. The van der Waals surface area contributed by atoms with Gasteiger partial charge >= 0.3 is 0 Å². The molecule has 0 bridgehead atoms. The van der Waals surface area contributed by atoms with Gasteiger partial charge in [0.1, 0.15) is 4.90 Å². The Morgan fingerprint density at radius 2 is 2.00 bits per heavy atom. The number of β-amino-alcohol motifs (C(OH)–C–C–N with tert-alkyl or cyclic N) is 1. The van der Waals surface area contributed by atoms with E-state index in [4.69, 9.17) is 10.8 Å². The van der Waals surface area contributed by atoms with Crippen LogP contribution in [0.3, 0.4) is 0 Å². The fourth-order valence-electron chi connectivity index (χ4n) is 2.61. The third-order valence-electron chi connectivity index (χ3n) is 3.87. The second kappa shape index (κ2) is 6.30. The maximum absolute atomic E-state index is 12.8. The molecule has 1 aliphatic rings. The number of aryl methyl sites for hydroxylation is 1. The van der Waals surface area contributed by atoms with Gasteiger partial charge < -0.3 is 10.8 Å². The van der Waals surface area contributed by atoms with Crippen molar-refractivity contribution >= 4 is 15.8 Å². The molecule has 1 saturated heterocycles. The van der Waals surface area contributed by atoms with E-state index in [1.807, 2.05) is 0 Å². The molecule has 0 radical (unpaired) electrons. The van der Waals surface area contributed by atoms with Crippen LogP contribution in [-0.2, 0) is 17.1 Å². The van der Waals surface area contributed by atoms with Gasteiger partial charge in [0.25, 0.3) is 0 Å². The molecule has 8 nitrogen and oxygen atoms in total. The van der Waals surface area contributed by atoms with Crippen molar-refractivity contribution in [2.45, 2.75) is 18.2 Å². The minimum atomic E-state index is -3.63. The summed E-state index contributed by atoms with van der Waals surface area (Å²) in [6.45, 7) is 4.61. The van der Waals surface area contributed by atoms with Crippen LogP contribution < -0.4 is 5.73 Å². The average molecular weight is 317 g/mol. The summed E-state index contributed by atoms with van der Waals surface area (Å²) in [5.41, 5.74) is 6.31. The lowest BCUT2D eigenvalue weighted by atomic mass is 10.4. The van der Waals surface area contributed by atoms with E-state index in [1.165, 1.54) is 8.99 Å². The molecule has 21 heavy (non-hydrogen) atoms. The molecule has 0 aliphatic carbocycles. The predicted octanol–water partition coefficient (Wildman–Crippen LogP) is -1.00. The Morgan fingerprint density at radius 1 is 1.29 bits per heavy atom. The number of nitrogens with two attached hydrogens (primary N) is 1.